The van der Waals surface area contributed by atoms with Gasteiger partial charge in [0, 0.05) is 16.6 Å². The van der Waals surface area contributed by atoms with Crippen LogP contribution in [-0.4, -0.2) is 18.6 Å². The van der Waals surface area contributed by atoms with E-state index in [1.165, 1.54) is 10.4 Å². The smallest absolute Gasteiger partial charge is 0.142 e. The third-order valence-corrected chi connectivity index (χ3v) is 3.83. The lowest BCUT2D eigenvalue weighted by Crippen LogP contribution is -2.22. The van der Waals surface area contributed by atoms with Crippen LogP contribution in [0.1, 0.15) is 29.0 Å². The second-order valence-corrected chi connectivity index (χ2v) is 5.16. The van der Waals surface area contributed by atoms with Crippen molar-refractivity contribution in [3.8, 4) is 5.75 Å². The number of aromatic nitrogens is 1. The lowest BCUT2D eigenvalue weighted by atomic mass is 9.99. The molecule has 2 heterocycles. The maximum atomic E-state index is 5.41. The van der Waals surface area contributed by atoms with Crippen LogP contribution in [0.4, 0.5) is 0 Å². The molecule has 2 rings (SSSR count). The van der Waals surface area contributed by atoms with Crippen molar-refractivity contribution in [3.63, 3.8) is 0 Å². The molecule has 1 N–H and O–H groups in total. The number of thiophene rings is 1. The van der Waals surface area contributed by atoms with Gasteiger partial charge in [-0.3, -0.25) is 4.98 Å². The molecule has 2 aromatic heterocycles. The highest BCUT2D eigenvalue weighted by Crippen LogP contribution is 2.32. The Labute approximate surface area is 112 Å². The van der Waals surface area contributed by atoms with E-state index in [2.05, 4.69) is 35.6 Å². The van der Waals surface area contributed by atoms with Crippen LogP contribution < -0.4 is 10.1 Å². The second kappa shape index (κ2) is 5.98. The summed E-state index contributed by atoms with van der Waals surface area (Å²) in [4.78, 5) is 5.45. The van der Waals surface area contributed by atoms with Gasteiger partial charge in [0.05, 0.1) is 19.3 Å². The van der Waals surface area contributed by atoms with Crippen molar-refractivity contribution >= 4 is 11.3 Å². The van der Waals surface area contributed by atoms with E-state index in [4.69, 9.17) is 4.74 Å². The van der Waals surface area contributed by atoms with Gasteiger partial charge >= 0.3 is 0 Å². The number of nitrogens with zero attached hydrogens (tertiary/aromatic N) is 1. The second-order valence-electron chi connectivity index (χ2n) is 4.04. The third kappa shape index (κ3) is 2.54. The number of rotatable bonds is 5. The first-order chi connectivity index (χ1) is 8.77. The maximum absolute atomic E-state index is 5.41. The van der Waals surface area contributed by atoms with Crippen LogP contribution in [0.15, 0.2) is 29.9 Å². The Morgan fingerprint density at radius 3 is 2.83 bits per heavy atom. The van der Waals surface area contributed by atoms with E-state index in [1.807, 2.05) is 12.3 Å². The van der Waals surface area contributed by atoms with Crippen molar-refractivity contribution in [2.45, 2.75) is 19.9 Å². The molecule has 0 aliphatic carbocycles. The summed E-state index contributed by atoms with van der Waals surface area (Å²) in [7, 11) is 1.68. The van der Waals surface area contributed by atoms with Gasteiger partial charge in [0.25, 0.3) is 0 Å². The Balaban J connectivity index is 2.45. The predicted molar refractivity (Wildman–Crippen MR) is 75.4 cm³/mol. The van der Waals surface area contributed by atoms with Gasteiger partial charge in [0.2, 0.25) is 0 Å². The lowest BCUT2D eigenvalue weighted by Gasteiger charge is -2.20. The van der Waals surface area contributed by atoms with Crippen LogP contribution in [0.3, 0.4) is 0 Å². The SMILES string of the molecule is CCNC(c1ccncc1OC)c1ccsc1C. The fourth-order valence-electron chi connectivity index (χ4n) is 2.09. The van der Waals surface area contributed by atoms with Gasteiger partial charge in [0.15, 0.2) is 0 Å². The normalized spacial score (nSPS) is 12.4. The molecule has 0 aliphatic rings. The molecule has 0 fully saturated rings. The molecule has 0 saturated heterocycles. The van der Waals surface area contributed by atoms with Crippen molar-refractivity contribution in [3.05, 3.63) is 45.9 Å². The monoisotopic (exact) mass is 262 g/mol. The first-order valence-electron chi connectivity index (χ1n) is 6.03. The molecule has 0 bridgehead atoms. The Morgan fingerprint density at radius 1 is 1.39 bits per heavy atom. The zero-order chi connectivity index (χ0) is 13.0. The standard InChI is InChI=1S/C14H18N2OS/c1-4-16-14(11-6-8-18-10(11)2)12-5-7-15-9-13(12)17-3/h5-9,14,16H,4H2,1-3H3. The average molecular weight is 262 g/mol. The molecule has 18 heavy (non-hydrogen) atoms. The summed E-state index contributed by atoms with van der Waals surface area (Å²) < 4.78 is 5.41. The Kier molecular flexibility index (Phi) is 4.33. The number of methoxy groups -OCH3 is 1. The topological polar surface area (TPSA) is 34.2 Å². The highest BCUT2D eigenvalue weighted by atomic mass is 32.1. The van der Waals surface area contributed by atoms with Gasteiger partial charge in [-0.25, -0.2) is 0 Å². The first-order valence-corrected chi connectivity index (χ1v) is 6.91. The number of hydrogen-bond acceptors (Lipinski definition) is 4. The summed E-state index contributed by atoms with van der Waals surface area (Å²) in [5.41, 5.74) is 2.45. The molecule has 4 heteroatoms. The first kappa shape index (κ1) is 13.1. The molecule has 2 aromatic rings. The van der Waals surface area contributed by atoms with Gasteiger partial charge in [-0.15, -0.1) is 11.3 Å². The van der Waals surface area contributed by atoms with E-state index in [0.717, 1.165) is 17.9 Å². The van der Waals surface area contributed by atoms with Crippen molar-refractivity contribution in [2.75, 3.05) is 13.7 Å². The van der Waals surface area contributed by atoms with E-state index in [9.17, 15) is 0 Å². The molecule has 0 saturated carbocycles. The maximum Gasteiger partial charge on any atom is 0.142 e. The van der Waals surface area contributed by atoms with Crippen molar-refractivity contribution in [1.82, 2.24) is 10.3 Å². The minimum atomic E-state index is 0.166. The molecule has 3 nitrogen and oxygen atoms in total. The molecular formula is C14H18N2OS. The van der Waals surface area contributed by atoms with Crippen molar-refractivity contribution in [1.29, 1.82) is 0 Å². The van der Waals surface area contributed by atoms with E-state index >= 15 is 0 Å². The molecule has 0 aliphatic heterocycles. The van der Waals surface area contributed by atoms with Crippen LogP contribution in [0.25, 0.3) is 0 Å². The number of hydrogen-bond donors (Lipinski definition) is 1. The summed E-state index contributed by atoms with van der Waals surface area (Å²) in [6.45, 7) is 5.17. The zero-order valence-corrected chi connectivity index (χ0v) is 11.8. The van der Waals surface area contributed by atoms with Crippen LogP contribution >= 0.6 is 11.3 Å². The predicted octanol–water partition coefficient (Wildman–Crippen LogP) is 3.16. The molecule has 1 atom stereocenters. The number of pyridine rings is 1. The molecule has 96 valence electrons. The zero-order valence-electron chi connectivity index (χ0n) is 10.9. The molecule has 0 amide bonds. The van der Waals surface area contributed by atoms with E-state index in [0.29, 0.717) is 0 Å². The molecular weight excluding hydrogens is 244 g/mol. The molecule has 0 aromatic carbocycles. The molecule has 0 spiro atoms. The molecule has 1 unspecified atom stereocenters. The average Bonchev–Trinajstić information content (AvgIpc) is 2.82. The van der Waals surface area contributed by atoms with Crippen LogP contribution in [0.5, 0.6) is 5.75 Å². The van der Waals surface area contributed by atoms with Gasteiger partial charge in [0.1, 0.15) is 5.75 Å². The minimum Gasteiger partial charge on any atom is -0.495 e. The Bertz CT molecular complexity index is 510. The van der Waals surface area contributed by atoms with E-state index in [-0.39, 0.29) is 6.04 Å². The largest absolute Gasteiger partial charge is 0.495 e. The Hall–Kier alpha value is -1.39. The van der Waals surface area contributed by atoms with Gasteiger partial charge < -0.3 is 10.1 Å². The highest BCUT2D eigenvalue weighted by molar-refractivity contribution is 7.10. The number of aryl methyl sites for hydroxylation is 1. The van der Waals surface area contributed by atoms with Gasteiger partial charge in [-0.2, -0.15) is 0 Å². The summed E-state index contributed by atoms with van der Waals surface area (Å²) in [6, 6.07) is 4.36. The molecule has 0 radical (unpaired) electrons. The fraction of sp³-hybridized carbons (Fsp3) is 0.357. The van der Waals surface area contributed by atoms with E-state index in [1.54, 1.807) is 24.6 Å². The summed E-state index contributed by atoms with van der Waals surface area (Å²) >= 11 is 1.77. The fourth-order valence-corrected chi connectivity index (χ4v) is 2.83. The van der Waals surface area contributed by atoms with Gasteiger partial charge in [-0.1, -0.05) is 6.92 Å². The Morgan fingerprint density at radius 2 is 2.22 bits per heavy atom. The number of nitrogens with one attached hydrogen (secondary N) is 1. The summed E-state index contributed by atoms with van der Waals surface area (Å²) in [5.74, 6) is 0.828. The summed E-state index contributed by atoms with van der Waals surface area (Å²) in [5, 5.41) is 5.64. The van der Waals surface area contributed by atoms with Crippen molar-refractivity contribution < 1.29 is 4.74 Å². The lowest BCUT2D eigenvalue weighted by molar-refractivity contribution is 0.402. The number of ether oxygens (including phenoxy) is 1. The minimum absolute atomic E-state index is 0.166. The third-order valence-electron chi connectivity index (χ3n) is 2.97. The van der Waals surface area contributed by atoms with Crippen LogP contribution in [-0.2, 0) is 0 Å². The van der Waals surface area contributed by atoms with E-state index < -0.39 is 0 Å². The van der Waals surface area contributed by atoms with Gasteiger partial charge in [-0.05, 0) is 36.5 Å². The highest BCUT2D eigenvalue weighted by Gasteiger charge is 2.19. The van der Waals surface area contributed by atoms with Crippen molar-refractivity contribution in [2.24, 2.45) is 0 Å². The quantitative estimate of drug-likeness (QED) is 0.898. The van der Waals surface area contributed by atoms with Crippen LogP contribution in [0.2, 0.25) is 0 Å². The summed E-state index contributed by atoms with van der Waals surface area (Å²) in [6.07, 6.45) is 3.57. The van der Waals surface area contributed by atoms with Crippen LogP contribution in [0, 0.1) is 6.92 Å².